The molecule has 3 saturated heterocycles. The molecule has 2 bridgehead atoms. The Morgan fingerprint density at radius 1 is 1.27 bits per heavy atom. The van der Waals surface area contributed by atoms with E-state index in [-0.39, 0.29) is 22.0 Å². The molecule has 1 aliphatic carbocycles. The summed E-state index contributed by atoms with van der Waals surface area (Å²) in [5, 5.41) is 6.69. The van der Waals surface area contributed by atoms with Gasteiger partial charge in [0.15, 0.2) is 5.82 Å². The summed E-state index contributed by atoms with van der Waals surface area (Å²) in [5.74, 6) is 7.06. The van der Waals surface area contributed by atoms with Crippen molar-refractivity contribution in [2.75, 3.05) is 50.5 Å². The van der Waals surface area contributed by atoms with E-state index in [1.807, 2.05) is 12.1 Å². The number of halogens is 2. The van der Waals surface area contributed by atoms with Crippen molar-refractivity contribution in [1.29, 1.82) is 0 Å². The van der Waals surface area contributed by atoms with E-state index in [2.05, 4.69) is 49.3 Å². The predicted octanol–water partition coefficient (Wildman–Crippen LogP) is 4.44. The summed E-state index contributed by atoms with van der Waals surface area (Å²) in [6.07, 6.45) is 7.15. The second kappa shape index (κ2) is 10.4. The first kappa shape index (κ1) is 26.4. The number of hydrogen-bond donors (Lipinski definition) is 2. The van der Waals surface area contributed by atoms with Crippen molar-refractivity contribution in [2.24, 2.45) is 11.3 Å². The molecule has 1 aromatic heterocycles. The highest BCUT2D eigenvalue weighted by Crippen LogP contribution is 2.57. The number of benzene rings is 2. The second-order valence-electron chi connectivity index (χ2n) is 11.5. The SMILES string of the molecule is CN1C[C@H]2C[C@@]2(C#Cc2cc3ncnc(Nc4cccc(Cl)c4F)c3cc2NC(=O)C=CCN2C3COCC2C3)C1. The average molecular weight is 573 g/mol. The van der Waals surface area contributed by atoms with Crippen molar-refractivity contribution in [3.05, 3.63) is 65.2 Å². The third kappa shape index (κ3) is 5.06. The lowest BCUT2D eigenvalue weighted by molar-refractivity contribution is -0.121. The first-order chi connectivity index (χ1) is 19.9. The highest BCUT2D eigenvalue weighted by molar-refractivity contribution is 6.31. The van der Waals surface area contributed by atoms with Crippen molar-refractivity contribution in [3.63, 3.8) is 0 Å². The number of likely N-dealkylation sites (tertiary alicyclic amines) is 1. The van der Waals surface area contributed by atoms with E-state index >= 15 is 0 Å². The van der Waals surface area contributed by atoms with Gasteiger partial charge in [-0.15, -0.1) is 0 Å². The molecule has 0 spiro atoms. The Bertz CT molecular complexity index is 1620. The number of ether oxygens (including phenoxy) is 1. The minimum absolute atomic E-state index is 0.00959. The molecule has 2 N–H and O–H groups in total. The van der Waals surface area contributed by atoms with Gasteiger partial charge >= 0.3 is 0 Å². The molecule has 4 fully saturated rings. The van der Waals surface area contributed by atoms with Crippen LogP contribution in [0.4, 0.5) is 21.6 Å². The highest BCUT2D eigenvalue weighted by atomic mass is 35.5. The third-order valence-electron chi connectivity index (χ3n) is 8.69. The Kier molecular flexibility index (Phi) is 6.67. The Hall–Kier alpha value is -3.55. The molecule has 41 heavy (non-hydrogen) atoms. The van der Waals surface area contributed by atoms with E-state index in [1.165, 1.54) is 12.4 Å². The molecule has 10 heteroatoms. The van der Waals surface area contributed by atoms with Crippen LogP contribution in [-0.4, -0.2) is 77.7 Å². The average Bonchev–Trinajstić information content (AvgIpc) is 3.52. The summed E-state index contributed by atoms with van der Waals surface area (Å²) in [5.41, 5.74) is 2.08. The van der Waals surface area contributed by atoms with E-state index in [0.29, 0.717) is 52.5 Å². The van der Waals surface area contributed by atoms with Crippen molar-refractivity contribution in [1.82, 2.24) is 19.8 Å². The fourth-order valence-electron chi connectivity index (χ4n) is 6.42. The lowest BCUT2D eigenvalue weighted by Crippen LogP contribution is -2.63. The molecule has 210 valence electrons. The van der Waals surface area contributed by atoms with Crippen LogP contribution < -0.4 is 10.6 Å². The van der Waals surface area contributed by atoms with Crippen LogP contribution >= 0.6 is 11.6 Å². The quantitative estimate of drug-likeness (QED) is 0.334. The summed E-state index contributed by atoms with van der Waals surface area (Å²) in [6, 6.07) is 9.28. The van der Waals surface area contributed by atoms with Gasteiger partial charge in [0.1, 0.15) is 12.1 Å². The van der Waals surface area contributed by atoms with Gasteiger partial charge in [-0.05, 0) is 50.1 Å². The molecule has 3 aliphatic heterocycles. The zero-order valence-corrected chi connectivity index (χ0v) is 23.4. The molecule has 1 saturated carbocycles. The lowest BCUT2D eigenvalue weighted by atomic mass is 9.91. The number of nitrogens with zero attached hydrogens (tertiary/aromatic N) is 4. The number of morpholine rings is 1. The zero-order valence-electron chi connectivity index (χ0n) is 22.7. The fraction of sp³-hybridized carbons (Fsp3) is 0.387. The molecule has 2 unspecified atom stereocenters. The van der Waals surface area contributed by atoms with E-state index in [1.54, 1.807) is 24.3 Å². The maximum atomic E-state index is 14.7. The minimum atomic E-state index is -0.570. The molecule has 1 amide bonds. The van der Waals surface area contributed by atoms with Crippen LogP contribution in [0.3, 0.4) is 0 Å². The van der Waals surface area contributed by atoms with Gasteiger partial charge in [0, 0.05) is 48.6 Å². The van der Waals surface area contributed by atoms with Crippen LogP contribution in [0.15, 0.2) is 48.8 Å². The maximum Gasteiger partial charge on any atom is 0.248 e. The number of anilines is 3. The monoisotopic (exact) mass is 572 g/mol. The smallest absolute Gasteiger partial charge is 0.248 e. The van der Waals surface area contributed by atoms with Gasteiger partial charge in [-0.2, -0.15) is 0 Å². The molecule has 3 aromatic rings. The Morgan fingerprint density at radius 3 is 2.90 bits per heavy atom. The molecule has 2 aromatic carbocycles. The molecular formula is C31H30ClFN6O2. The number of aromatic nitrogens is 2. The van der Waals surface area contributed by atoms with Crippen LogP contribution in [0.2, 0.25) is 5.02 Å². The molecule has 4 heterocycles. The van der Waals surface area contributed by atoms with Crippen LogP contribution in [0, 0.1) is 29.0 Å². The summed E-state index contributed by atoms with van der Waals surface area (Å²) in [4.78, 5) is 26.5. The molecule has 7 rings (SSSR count). The summed E-state index contributed by atoms with van der Waals surface area (Å²) >= 11 is 5.99. The van der Waals surface area contributed by atoms with Gasteiger partial charge in [0.05, 0.1) is 40.7 Å². The van der Waals surface area contributed by atoms with E-state index in [0.717, 1.165) is 39.1 Å². The normalized spacial score (nSPS) is 26.8. The molecule has 4 atom stereocenters. The number of fused-ring (bicyclic) bond motifs is 4. The zero-order chi connectivity index (χ0) is 28.1. The molecular weight excluding hydrogens is 543 g/mol. The summed E-state index contributed by atoms with van der Waals surface area (Å²) < 4.78 is 20.2. The van der Waals surface area contributed by atoms with E-state index in [4.69, 9.17) is 16.3 Å². The number of carbonyl (C=O) groups excluding carboxylic acids is 1. The van der Waals surface area contributed by atoms with Crippen LogP contribution in [0.25, 0.3) is 10.9 Å². The fourth-order valence-corrected chi connectivity index (χ4v) is 6.60. The Balaban J connectivity index is 1.19. The van der Waals surface area contributed by atoms with Crippen LogP contribution in [-0.2, 0) is 9.53 Å². The maximum absolute atomic E-state index is 14.7. The number of carbonyl (C=O) groups is 1. The third-order valence-corrected chi connectivity index (χ3v) is 8.98. The largest absolute Gasteiger partial charge is 0.378 e. The standard InChI is InChI=1S/C31H30ClFN6O2/c1-38-14-20-13-31(20,17-38)8-7-19-10-27-23(30(35-18-34-27)37-25-5-2-4-24(32)29(25)33)12-26(19)36-28(40)6-3-9-39-21-11-22(39)16-41-15-21/h2-6,10,12,18,20-22H,9,11,13-17H2,1H3,(H,36,40)(H,34,35,37)/t20-,21?,22?,31+/m1/s1. The Labute approximate surface area is 242 Å². The van der Waals surface area contributed by atoms with Crippen molar-refractivity contribution < 1.29 is 13.9 Å². The first-order valence-electron chi connectivity index (χ1n) is 13.9. The molecule has 4 aliphatic rings. The molecule has 8 nitrogen and oxygen atoms in total. The second-order valence-corrected chi connectivity index (χ2v) is 11.9. The first-order valence-corrected chi connectivity index (χ1v) is 14.3. The van der Waals surface area contributed by atoms with Gasteiger partial charge in [-0.1, -0.05) is 35.6 Å². The van der Waals surface area contributed by atoms with Gasteiger partial charge in [0.2, 0.25) is 5.91 Å². The number of amides is 1. The van der Waals surface area contributed by atoms with Crippen LogP contribution in [0.5, 0.6) is 0 Å². The summed E-state index contributed by atoms with van der Waals surface area (Å²) in [7, 11) is 2.12. The topological polar surface area (TPSA) is 82.6 Å². The minimum Gasteiger partial charge on any atom is -0.378 e. The van der Waals surface area contributed by atoms with Gasteiger partial charge < -0.3 is 20.3 Å². The van der Waals surface area contributed by atoms with Gasteiger partial charge in [-0.3, -0.25) is 9.69 Å². The number of piperidine rings is 1. The lowest BCUT2D eigenvalue weighted by Gasteiger charge is -2.52. The number of hydrogen-bond acceptors (Lipinski definition) is 7. The van der Waals surface area contributed by atoms with Crippen molar-refractivity contribution in [2.45, 2.75) is 24.9 Å². The van der Waals surface area contributed by atoms with E-state index < -0.39 is 5.82 Å². The number of nitrogens with one attached hydrogen (secondary N) is 2. The Morgan fingerprint density at radius 2 is 2.12 bits per heavy atom. The highest BCUT2D eigenvalue weighted by Gasteiger charge is 2.58. The number of rotatable bonds is 6. The predicted molar refractivity (Wildman–Crippen MR) is 157 cm³/mol. The molecule has 0 radical (unpaired) electrons. The van der Waals surface area contributed by atoms with Crippen molar-refractivity contribution >= 4 is 45.6 Å². The summed E-state index contributed by atoms with van der Waals surface area (Å²) in [6.45, 7) is 4.24. The van der Waals surface area contributed by atoms with Crippen LogP contribution in [0.1, 0.15) is 18.4 Å². The van der Waals surface area contributed by atoms with Gasteiger partial charge in [-0.25, -0.2) is 14.4 Å². The van der Waals surface area contributed by atoms with Gasteiger partial charge in [0.25, 0.3) is 0 Å². The van der Waals surface area contributed by atoms with E-state index in [9.17, 15) is 9.18 Å². The van der Waals surface area contributed by atoms with Crippen molar-refractivity contribution in [3.8, 4) is 11.8 Å².